The second-order valence-electron chi connectivity index (χ2n) is 6.13. The maximum atomic E-state index is 12.3. The highest BCUT2D eigenvalue weighted by atomic mass is 16.1. The van der Waals surface area contributed by atoms with Crippen molar-refractivity contribution in [2.75, 3.05) is 36.4 Å². The zero-order chi connectivity index (χ0) is 16.9. The van der Waals surface area contributed by atoms with Gasteiger partial charge in [0.05, 0.1) is 24.3 Å². The summed E-state index contributed by atoms with van der Waals surface area (Å²) in [6, 6.07) is 0. The maximum Gasteiger partial charge on any atom is 0.227 e. The maximum absolute atomic E-state index is 12.3. The molecule has 3 rings (SSSR count). The lowest BCUT2D eigenvalue weighted by Gasteiger charge is -2.27. The first-order valence-electron chi connectivity index (χ1n) is 8.18. The third-order valence-electron chi connectivity index (χ3n) is 4.05. The van der Waals surface area contributed by atoms with E-state index >= 15 is 0 Å². The van der Waals surface area contributed by atoms with Crippen LogP contribution in [0.25, 0.3) is 0 Å². The zero-order valence-corrected chi connectivity index (χ0v) is 14.1. The van der Waals surface area contributed by atoms with Gasteiger partial charge in [0, 0.05) is 45.3 Å². The summed E-state index contributed by atoms with van der Waals surface area (Å²) in [5.74, 6) is 0.511. The van der Waals surface area contributed by atoms with Gasteiger partial charge in [-0.15, -0.1) is 0 Å². The molecule has 1 amide bonds. The van der Waals surface area contributed by atoms with E-state index in [1.54, 1.807) is 23.3 Å². The second kappa shape index (κ2) is 7.39. The summed E-state index contributed by atoms with van der Waals surface area (Å²) in [6.07, 6.45) is 7.70. The minimum Gasteiger partial charge on any atom is -0.338 e. The summed E-state index contributed by atoms with van der Waals surface area (Å²) in [7, 11) is 1.87. The van der Waals surface area contributed by atoms with E-state index < -0.39 is 0 Å². The van der Waals surface area contributed by atoms with Crippen molar-refractivity contribution in [1.29, 1.82) is 0 Å². The molecule has 2 aromatic heterocycles. The second-order valence-corrected chi connectivity index (χ2v) is 6.13. The van der Waals surface area contributed by atoms with Crippen molar-refractivity contribution in [2.24, 2.45) is 13.0 Å². The van der Waals surface area contributed by atoms with E-state index in [4.69, 9.17) is 0 Å². The molecule has 2 aromatic rings. The highest BCUT2D eigenvalue weighted by molar-refractivity contribution is 5.92. The number of anilines is 2. The Morgan fingerprint density at radius 1 is 1.29 bits per heavy atom. The molecule has 0 aromatic carbocycles. The average Bonchev–Trinajstić information content (AvgIpc) is 3.01. The molecule has 1 fully saturated rings. The van der Waals surface area contributed by atoms with Gasteiger partial charge in [-0.25, -0.2) is 9.97 Å². The van der Waals surface area contributed by atoms with E-state index in [2.05, 4.69) is 30.6 Å². The summed E-state index contributed by atoms with van der Waals surface area (Å²) in [5.41, 5.74) is 1.67. The Hall–Kier alpha value is -2.48. The minimum absolute atomic E-state index is 0.0441. The number of hydrogen-bond donors (Lipinski definition) is 2. The zero-order valence-electron chi connectivity index (χ0n) is 14.1. The minimum atomic E-state index is -0.151. The van der Waals surface area contributed by atoms with E-state index in [0.717, 1.165) is 31.7 Å². The predicted molar refractivity (Wildman–Crippen MR) is 91.8 cm³/mol. The van der Waals surface area contributed by atoms with Gasteiger partial charge in [-0.1, -0.05) is 6.92 Å². The fourth-order valence-electron chi connectivity index (χ4n) is 2.70. The van der Waals surface area contributed by atoms with E-state index in [9.17, 15) is 4.79 Å². The van der Waals surface area contributed by atoms with Crippen LogP contribution in [0.1, 0.15) is 12.5 Å². The van der Waals surface area contributed by atoms with Crippen molar-refractivity contribution < 1.29 is 4.79 Å². The SMILES string of the molecule is CC(Cc1cnn(C)c1)C(=O)Nc1cnc(N2CCNCC2)nc1. The van der Waals surface area contributed by atoms with Crippen LogP contribution < -0.4 is 15.5 Å². The van der Waals surface area contributed by atoms with Crippen LogP contribution in [0.4, 0.5) is 11.6 Å². The van der Waals surface area contributed by atoms with Crippen LogP contribution in [0.5, 0.6) is 0 Å². The number of carbonyl (C=O) groups is 1. The smallest absolute Gasteiger partial charge is 0.227 e. The Labute approximate surface area is 141 Å². The highest BCUT2D eigenvalue weighted by Crippen LogP contribution is 2.13. The average molecular weight is 329 g/mol. The number of nitrogens with one attached hydrogen (secondary N) is 2. The summed E-state index contributed by atoms with van der Waals surface area (Å²) < 4.78 is 1.74. The molecule has 1 unspecified atom stereocenters. The molecule has 1 aliphatic rings. The number of amides is 1. The van der Waals surface area contributed by atoms with Gasteiger partial charge < -0.3 is 15.5 Å². The van der Waals surface area contributed by atoms with Crippen LogP contribution in [0, 0.1) is 5.92 Å². The molecule has 0 bridgehead atoms. The van der Waals surface area contributed by atoms with Crippen molar-refractivity contribution >= 4 is 17.5 Å². The standard InChI is InChI=1S/C16H23N7O/c1-12(7-13-8-20-22(2)11-13)15(24)21-14-9-18-16(19-10-14)23-5-3-17-4-6-23/h8-12,17H,3-7H2,1-2H3,(H,21,24). The lowest BCUT2D eigenvalue weighted by atomic mass is 10.0. The third-order valence-corrected chi connectivity index (χ3v) is 4.05. The topological polar surface area (TPSA) is 88.0 Å². The van der Waals surface area contributed by atoms with Gasteiger partial charge in [0.25, 0.3) is 0 Å². The molecule has 3 heterocycles. The summed E-state index contributed by atoms with van der Waals surface area (Å²) >= 11 is 0. The van der Waals surface area contributed by atoms with Crippen LogP contribution in [0.2, 0.25) is 0 Å². The molecule has 24 heavy (non-hydrogen) atoms. The van der Waals surface area contributed by atoms with Gasteiger partial charge >= 0.3 is 0 Å². The van der Waals surface area contributed by atoms with Gasteiger partial charge in [0.1, 0.15) is 0 Å². The highest BCUT2D eigenvalue weighted by Gasteiger charge is 2.16. The summed E-state index contributed by atoms with van der Waals surface area (Å²) in [4.78, 5) is 23.2. The Bertz CT molecular complexity index is 676. The predicted octanol–water partition coefficient (Wildman–Crippen LogP) is 0.437. The number of nitrogens with zero attached hydrogens (tertiary/aromatic N) is 5. The number of hydrogen-bond acceptors (Lipinski definition) is 6. The van der Waals surface area contributed by atoms with E-state index in [1.807, 2.05) is 20.2 Å². The van der Waals surface area contributed by atoms with Crippen LogP contribution in [-0.2, 0) is 18.3 Å². The van der Waals surface area contributed by atoms with Gasteiger partial charge in [-0.3, -0.25) is 9.48 Å². The molecule has 0 spiro atoms. The molecular weight excluding hydrogens is 306 g/mol. The molecule has 0 aliphatic carbocycles. The quantitative estimate of drug-likeness (QED) is 0.827. The van der Waals surface area contributed by atoms with Crippen molar-refractivity contribution in [3.05, 3.63) is 30.4 Å². The monoisotopic (exact) mass is 329 g/mol. The molecule has 128 valence electrons. The van der Waals surface area contributed by atoms with E-state index in [1.165, 1.54) is 0 Å². The number of carbonyl (C=O) groups excluding carboxylic acids is 1. The summed E-state index contributed by atoms with van der Waals surface area (Å²) in [6.45, 7) is 5.57. The molecule has 2 N–H and O–H groups in total. The number of piperazine rings is 1. The first-order valence-corrected chi connectivity index (χ1v) is 8.18. The van der Waals surface area contributed by atoms with Gasteiger partial charge in [-0.2, -0.15) is 5.10 Å². The van der Waals surface area contributed by atoms with Gasteiger partial charge in [0.2, 0.25) is 11.9 Å². The number of aromatic nitrogens is 4. The molecule has 0 radical (unpaired) electrons. The molecule has 8 heteroatoms. The molecule has 1 aliphatic heterocycles. The Morgan fingerprint density at radius 3 is 2.62 bits per heavy atom. The van der Waals surface area contributed by atoms with Crippen LogP contribution >= 0.6 is 0 Å². The van der Waals surface area contributed by atoms with Gasteiger partial charge in [-0.05, 0) is 12.0 Å². The number of aryl methyl sites for hydroxylation is 1. The van der Waals surface area contributed by atoms with Crippen molar-refractivity contribution in [2.45, 2.75) is 13.3 Å². The molecule has 1 atom stereocenters. The fraction of sp³-hybridized carbons (Fsp3) is 0.500. The molecular formula is C16H23N7O. The lowest BCUT2D eigenvalue weighted by Crippen LogP contribution is -2.44. The number of rotatable bonds is 5. The third kappa shape index (κ3) is 4.08. The molecule has 8 nitrogen and oxygen atoms in total. The van der Waals surface area contributed by atoms with Crippen LogP contribution in [0.15, 0.2) is 24.8 Å². The van der Waals surface area contributed by atoms with E-state index in [0.29, 0.717) is 18.1 Å². The Kier molecular flexibility index (Phi) is 5.05. The van der Waals surface area contributed by atoms with Crippen molar-refractivity contribution in [3.63, 3.8) is 0 Å². The van der Waals surface area contributed by atoms with Crippen molar-refractivity contribution in [3.8, 4) is 0 Å². The first-order chi connectivity index (χ1) is 11.6. The molecule has 1 saturated heterocycles. The summed E-state index contributed by atoms with van der Waals surface area (Å²) in [5, 5.41) is 10.3. The Morgan fingerprint density at radius 2 is 2.00 bits per heavy atom. The largest absolute Gasteiger partial charge is 0.338 e. The van der Waals surface area contributed by atoms with Crippen LogP contribution in [-0.4, -0.2) is 51.8 Å². The van der Waals surface area contributed by atoms with E-state index in [-0.39, 0.29) is 11.8 Å². The lowest BCUT2D eigenvalue weighted by molar-refractivity contribution is -0.119. The first kappa shape index (κ1) is 16.4. The van der Waals surface area contributed by atoms with Crippen LogP contribution in [0.3, 0.4) is 0 Å². The Balaban J connectivity index is 1.55. The van der Waals surface area contributed by atoms with Crippen molar-refractivity contribution in [1.82, 2.24) is 25.1 Å². The van der Waals surface area contributed by atoms with Gasteiger partial charge in [0.15, 0.2) is 0 Å². The normalized spacial score (nSPS) is 16.0. The fourth-order valence-corrected chi connectivity index (χ4v) is 2.70. The molecule has 0 saturated carbocycles.